The van der Waals surface area contributed by atoms with Crippen LogP contribution in [0.2, 0.25) is 0 Å². The molecule has 1 fully saturated rings. The molecule has 0 spiro atoms. The SMILES string of the molecule is CC(=O)O.NC(N)=NCCCC1NC(=O)CNC(=O)C(CC(=O)O)NC(=O)C(Cc2ccccc2)NC(=O)C(CS)NC1=O. The number of aliphatic carboxylic acids is 2. The van der Waals surface area contributed by atoms with Gasteiger partial charge in [-0.1, -0.05) is 30.3 Å². The summed E-state index contributed by atoms with van der Waals surface area (Å²) in [5.74, 6) is -6.49. The monoisotopic (exact) mass is 638 g/mol. The number of rotatable bonds is 9. The summed E-state index contributed by atoms with van der Waals surface area (Å²) in [5.41, 5.74) is 11.3. The summed E-state index contributed by atoms with van der Waals surface area (Å²) in [5, 5.41) is 28.9. The van der Waals surface area contributed by atoms with Crippen molar-refractivity contribution >= 4 is 60.1 Å². The van der Waals surface area contributed by atoms with Gasteiger partial charge in [0.05, 0.1) is 13.0 Å². The van der Waals surface area contributed by atoms with Crippen molar-refractivity contribution in [3.8, 4) is 0 Å². The van der Waals surface area contributed by atoms with E-state index in [4.69, 9.17) is 21.4 Å². The highest BCUT2D eigenvalue weighted by Gasteiger charge is 2.32. The predicted molar refractivity (Wildman–Crippen MR) is 160 cm³/mol. The van der Waals surface area contributed by atoms with Gasteiger partial charge in [-0.25, -0.2) is 0 Å². The third-order valence-corrected chi connectivity index (χ3v) is 6.13. The molecule has 0 aromatic heterocycles. The normalized spacial score (nSPS) is 21.3. The van der Waals surface area contributed by atoms with E-state index in [9.17, 15) is 33.9 Å². The van der Waals surface area contributed by atoms with Crippen molar-refractivity contribution in [3.63, 3.8) is 0 Å². The lowest BCUT2D eigenvalue weighted by atomic mass is 10.0. The van der Waals surface area contributed by atoms with Gasteiger partial charge in [0.15, 0.2) is 5.96 Å². The Labute approximate surface area is 258 Å². The van der Waals surface area contributed by atoms with Crippen LogP contribution in [0, 0.1) is 0 Å². The number of benzene rings is 1. The number of guanidine groups is 1. The van der Waals surface area contributed by atoms with Gasteiger partial charge in [-0.15, -0.1) is 0 Å². The lowest BCUT2D eigenvalue weighted by molar-refractivity contribution is -0.141. The molecule has 5 amide bonds. The standard InChI is InChI=1S/C24H34N8O7S.C2H4O2/c25-24(26)27-8-4-7-14-21(37)32-17(12-40)23(39)30-15(9-13-5-2-1-3-6-13)22(38)31-16(10-19(34)35)20(36)28-11-18(33)29-14;1-2(3)4/h1-3,5-6,14-17,40H,4,7-12H2,(H,28,36)(H,29,33)(H,30,39)(H,31,38)(H,32,37)(H,34,35)(H4,25,26,27);1H3,(H,3,4). The largest absolute Gasteiger partial charge is 0.481 e. The Bertz CT molecular complexity index is 1210. The lowest BCUT2D eigenvalue weighted by Gasteiger charge is -2.25. The summed E-state index contributed by atoms with van der Waals surface area (Å²) in [7, 11) is 0. The van der Waals surface area contributed by atoms with Crippen LogP contribution in [0.25, 0.3) is 0 Å². The third kappa shape index (κ3) is 14.9. The fraction of sp³-hybridized carbons (Fsp3) is 0.462. The highest BCUT2D eigenvalue weighted by molar-refractivity contribution is 7.80. The van der Waals surface area contributed by atoms with E-state index in [1.165, 1.54) is 0 Å². The number of aliphatic imine (C=N–C) groups is 1. The van der Waals surface area contributed by atoms with Crippen molar-refractivity contribution in [1.82, 2.24) is 26.6 Å². The van der Waals surface area contributed by atoms with Gasteiger partial charge >= 0.3 is 5.97 Å². The van der Waals surface area contributed by atoms with Crippen molar-refractivity contribution in [1.29, 1.82) is 0 Å². The third-order valence-electron chi connectivity index (χ3n) is 5.76. The van der Waals surface area contributed by atoms with Gasteiger partial charge < -0.3 is 48.3 Å². The zero-order chi connectivity index (χ0) is 33.2. The van der Waals surface area contributed by atoms with Crippen LogP contribution < -0.4 is 38.1 Å². The molecule has 1 saturated heterocycles. The maximum atomic E-state index is 13.2. The first-order valence-corrected chi connectivity index (χ1v) is 14.0. The molecule has 4 atom stereocenters. The average molecular weight is 639 g/mol. The van der Waals surface area contributed by atoms with E-state index in [0.29, 0.717) is 12.0 Å². The van der Waals surface area contributed by atoms with Gasteiger partial charge in [0.25, 0.3) is 5.97 Å². The first-order chi connectivity index (χ1) is 20.7. The summed E-state index contributed by atoms with van der Waals surface area (Å²) in [6.07, 6.45) is -0.404. The molecule has 242 valence electrons. The van der Waals surface area contributed by atoms with Crippen LogP contribution in [0.1, 0.15) is 31.7 Å². The minimum Gasteiger partial charge on any atom is -0.481 e. The molecule has 0 bridgehead atoms. The van der Waals surface area contributed by atoms with Gasteiger partial charge in [0.2, 0.25) is 29.5 Å². The Morgan fingerprint density at radius 2 is 1.41 bits per heavy atom. The topological polar surface area (TPSA) is 284 Å². The number of hydrogen-bond donors (Lipinski definition) is 10. The predicted octanol–water partition coefficient (Wildman–Crippen LogP) is -3.15. The summed E-state index contributed by atoms with van der Waals surface area (Å²) < 4.78 is 0. The highest BCUT2D eigenvalue weighted by atomic mass is 32.1. The molecular formula is C26H38N8O9S. The number of carbonyl (C=O) groups excluding carboxylic acids is 5. The van der Waals surface area contributed by atoms with Crippen LogP contribution >= 0.6 is 12.6 Å². The van der Waals surface area contributed by atoms with Gasteiger partial charge in [-0.05, 0) is 18.4 Å². The summed E-state index contributed by atoms with van der Waals surface area (Å²) >= 11 is 4.15. The second-order valence-electron chi connectivity index (χ2n) is 9.46. The molecule has 17 nitrogen and oxygen atoms in total. The summed E-state index contributed by atoms with van der Waals surface area (Å²) in [6.45, 7) is 0.643. The molecule has 1 aromatic rings. The number of carboxylic acid groups (broad SMARTS) is 2. The molecule has 4 unspecified atom stereocenters. The number of thiol groups is 1. The molecule has 1 heterocycles. The molecular weight excluding hydrogens is 600 g/mol. The van der Waals surface area contributed by atoms with Gasteiger partial charge in [-0.2, -0.15) is 12.6 Å². The van der Waals surface area contributed by atoms with Crippen molar-refractivity contribution in [2.75, 3.05) is 18.8 Å². The summed E-state index contributed by atoms with van der Waals surface area (Å²) in [4.78, 5) is 88.9. The Hall–Kier alpha value is -4.87. The number of nitrogens with one attached hydrogen (secondary N) is 5. The van der Waals surface area contributed by atoms with E-state index >= 15 is 0 Å². The minimum absolute atomic E-state index is 0.000516. The second kappa shape index (κ2) is 19.3. The van der Waals surface area contributed by atoms with Gasteiger partial charge in [0.1, 0.15) is 24.2 Å². The second-order valence-corrected chi connectivity index (χ2v) is 9.82. The number of hydrogen-bond acceptors (Lipinski definition) is 9. The van der Waals surface area contributed by atoms with Crippen LogP contribution in [-0.4, -0.2) is 101 Å². The molecule has 0 saturated carbocycles. The maximum absolute atomic E-state index is 13.2. The number of amides is 5. The average Bonchev–Trinajstić information content (AvgIpc) is 2.94. The highest BCUT2D eigenvalue weighted by Crippen LogP contribution is 2.07. The smallest absolute Gasteiger partial charge is 0.305 e. The Kier molecular flexibility index (Phi) is 16.3. The van der Waals surface area contributed by atoms with Crippen molar-refractivity contribution < 1.29 is 43.8 Å². The van der Waals surface area contributed by atoms with E-state index in [1.807, 2.05) is 0 Å². The Morgan fingerprint density at radius 1 is 0.864 bits per heavy atom. The van der Waals surface area contributed by atoms with Crippen LogP contribution in [-0.2, 0) is 40.0 Å². The lowest BCUT2D eigenvalue weighted by Crippen LogP contribution is -2.58. The molecule has 2 rings (SSSR count). The van der Waals surface area contributed by atoms with Crippen molar-refractivity contribution in [2.24, 2.45) is 16.5 Å². The molecule has 11 N–H and O–H groups in total. The molecule has 1 aliphatic heterocycles. The number of nitrogens with two attached hydrogens (primary N) is 2. The minimum atomic E-state index is -1.55. The molecule has 1 aromatic carbocycles. The van der Waals surface area contributed by atoms with Gasteiger partial charge in [0, 0.05) is 25.6 Å². The zero-order valence-electron chi connectivity index (χ0n) is 23.9. The van der Waals surface area contributed by atoms with E-state index in [0.717, 1.165) is 6.92 Å². The molecule has 0 aliphatic carbocycles. The van der Waals surface area contributed by atoms with E-state index in [2.05, 4.69) is 44.2 Å². The van der Waals surface area contributed by atoms with Crippen molar-refractivity contribution in [2.45, 2.75) is 56.8 Å². The fourth-order valence-electron chi connectivity index (χ4n) is 3.76. The summed E-state index contributed by atoms with van der Waals surface area (Å²) in [6, 6.07) is 3.56. The Morgan fingerprint density at radius 3 is 1.98 bits per heavy atom. The van der Waals surface area contributed by atoms with E-state index in [1.54, 1.807) is 30.3 Å². The number of nitrogens with zero attached hydrogens (tertiary/aromatic N) is 1. The first kappa shape index (κ1) is 37.2. The number of carboxylic acids is 2. The van der Waals surface area contributed by atoms with Gasteiger partial charge in [-0.3, -0.25) is 38.6 Å². The molecule has 18 heteroatoms. The van der Waals surface area contributed by atoms with E-state index < -0.39 is 78.6 Å². The molecule has 44 heavy (non-hydrogen) atoms. The Balaban J connectivity index is 0.00000227. The maximum Gasteiger partial charge on any atom is 0.305 e. The van der Waals surface area contributed by atoms with E-state index in [-0.39, 0.29) is 31.1 Å². The fourth-order valence-corrected chi connectivity index (χ4v) is 4.02. The van der Waals surface area contributed by atoms with Crippen molar-refractivity contribution in [3.05, 3.63) is 35.9 Å². The molecule has 1 aliphatic rings. The van der Waals surface area contributed by atoms with Crippen LogP contribution in [0.15, 0.2) is 35.3 Å². The molecule has 0 radical (unpaired) electrons. The first-order valence-electron chi connectivity index (χ1n) is 13.3. The van der Waals surface area contributed by atoms with Crippen LogP contribution in [0.5, 0.6) is 0 Å². The van der Waals surface area contributed by atoms with Crippen LogP contribution in [0.3, 0.4) is 0 Å². The van der Waals surface area contributed by atoms with Crippen LogP contribution in [0.4, 0.5) is 0 Å². The quantitative estimate of drug-likeness (QED) is 0.0558. The number of carbonyl (C=O) groups is 7. The zero-order valence-corrected chi connectivity index (χ0v) is 24.8.